The van der Waals surface area contributed by atoms with E-state index in [9.17, 15) is 14.4 Å². The van der Waals surface area contributed by atoms with Crippen LogP contribution in [0.5, 0.6) is 5.75 Å². The fourth-order valence-electron chi connectivity index (χ4n) is 3.59. The number of benzene rings is 1. The third-order valence-corrected chi connectivity index (χ3v) is 6.27. The van der Waals surface area contributed by atoms with Gasteiger partial charge in [-0.05, 0) is 44.2 Å². The van der Waals surface area contributed by atoms with Gasteiger partial charge in [0.1, 0.15) is 21.9 Å². The van der Waals surface area contributed by atoms with Crippen molar-refractivity contribution in [2.24, 2.45) is 0 Å². The van der Waals surface area contributed by atoms with Gasteiger partial charge >= 0.3 is 11.6 Å². The Labute approximate surface area is 182 Å². The van der Waals surface area contributed by atoms with Crippen LogP contribution in [0.1, 0.15) is 38.1 Å². The number of thiophene rings is 1. The molecule has 0 saturated heterocycles. The SMILES string of the molecule is CCOC(=O)c1c(NC(=O)c2cc3ccc(OC)cc3oc2=O)sc2c1CCN(C)C2. The Morgan fingerprint density at radius 2 is 2.10 bits per heavy atom. The van der Waals surface area contributed by atoms with E-state index in [1.165, 1.54) is 24.5 Å². The fraction of sp³-hybridized carbons (Fsp3) is 0.318. The maximum Gasteiger partial charge on any atom is 0.349 e. The van der Waals surface area contributed by atoms with Crippen LogP contribution in [0.4, 0.5) is 5.00 Å². The Kier molecular flexibility index (Phi) is 5.79. The number of fused-ring (bicyclic) bond motifs is 2. The van der Waals surface area contributed by atoms with Gasteiger partial charge in [-0.25, -0.2) is 9.59 Å². The Morgan fingerprint density at radius 3 is 2.84 bits per heavy atom. The van der Waals surface area contributed by atoms with Crippen LogP contribution in [0.15, 0.2) is 33.5 Å². The van der Waals surface area contributed by atoms with E-state index in [0.717, 1.165) is 17.0 Å². The summed E-state index contributed by atoms with van der Waals surface area (Å²) in [5.41, 5.74) is 0.684. The van der Waals surface area contributed by atoms with Crippen molar-refractivity contribution in [3.05, 3.63) is 56.3 Å². The lowest BCUT2D eigenvalue weighted by molar-refractivity contribution is 0.0526. The second-order valence-electron chi connectivity index (χ2n) is 7.22. The summed E-state index contributed by atoms with van der Waals surface area (Å²) in [5.74, 6) is -0.567. The van der Waals surface area contributed by atoms with Crippen LogP contribution in [0.25, 0.3) is 11.0 Å². The predicted octanol–water partition coefficient (Wildman–Crippen LogP) is 3.28. The van der Waals surface area contributed by atoms with E-state index in [0.29, 0.717) is 40.2 Å². The van der Waals surface area contributed by atoms with Gasteiger partial charge in [-0.3, -0.25) is 4.79 Å². The predicted molar refractivity (Wildman–Crippen MR) is 117 cm³/mol. The summed E-state index contributed by atoms with van der Waals surface area (Å²) < 4.78 is 15.7. The van der Waals surface area contributed by atoms with E-state index in [-0.39, 0.29) is 12.2 Å². The van der Waals surface area contributed by atoms with Gasteiger partial charge in [0.2, 0.25) is 0 Å². The second kappa shape index (κ2) is 8.52. The van der Waals surface area contributed by atoms with Gasteiger partial charge in [0.15, 0.2) is 0 Å². The molecule has 0 radical (unpaired) electrons. The summed E-state index contributed by atoms with van der Waals surface area (Å²) in [6.45, 7) is 3.45. The molecule has 0 unspecified atom stereocenters. The molecular weight excluding hydrogens is 420 g/mol. The van der Waals surface area contributed by atoms with E-state index in [1.807, 2.05) is 7.05 Å². The Hall–Kier alpha value is -3.17. The summed E-state index contributed by atoms with van der Waals surface area (Å²) in [7, 11) is 3.51. The van der Waals surface area contributed by atoms with Crippen LogP contribution in [-0.4, -0.2) is 44.1 Å². The molecule has 1 amide bonds. The number of rotatable bonds is 5. The molecule has 1 aliphatic rings. The first-order chi connectivity index (χ1) is 14.9. The van der Waals surface area contributed by atoms with E-state index in [1.54, 1.807) is 25.1 Å². The van der Waals surface area contributed by atoms with Crippen LogP contribution >= 0.6 is 11.3 Å². The van der Waals surface area contributed by atoms with Crippen molar-refractivity contribution in [1.29, 1.82) is 0 Å². The second-order valence-corrected chi connectivity index (χ2v) is 8.33. The minimum Gasteiger partial charge on any atom is -0.497 e. The zero-order chi connectivity index (χ0) is 22.1. The Bertz CT molecular complexity index is 1230. The lowest BCUT2D eigenvalue weighted by Crippen LogP contribution is -2.26. The molecule has 2 aromatic heterocycles. The third-order valence-electron chi connectivity index (χ3n) is 5.14. The highest BCUT2D eigenvalue weighted by molar-refractivity contribution is 7.17. The summed E-state index contributed by atoms with van der Waals surface area (Å²) in [5, 5.41) is 3.72. The van der Waals surface area contributed by atoms with Gasteiger partial charge in [-0.1, -0.05) is 0 Å². The van der Waals surface area contributed by atoms with E-state index in [4.69, 9.17) is 13.9 Å². The Morgan fingerprint density at radius 1 is 1.29 bits per heavy atom. The molecule has 31 heavy (non-hydrogen) atoms. The molecule has 1 N–H and O–H groups in total. The van der Waals surface area contributed by atoms with Gasteiger partial charge in [0.05, 0.1) is 19.3 Å². The first kappa shape index (κ1) is 21.1. The number of nitrogens with one attached hydrogen (secondary N) is 1. The van der Waals surface area contributed by atoms with Crippen LogP contribution in [0.3, 0.4) is 0 Å². The monoisotopic (exact) mass is 442 g/mol. The first-order valence-corrected chi connectivity index (χ1v) is 10.7. The minimum atomic E-state index is -0.767. The molecule has 1 aliphatic heterocycles. The fourth-order valence-corrected chi connectivity index (χ4v) is 4.90. The molecule has 0 atom stereocenters. The van der Waals surface area contributed by atoms with E-state index in [2.05, 4.69) is 10.2 Å². The molecule has 0 saturated carbocycles. The smallest absolute Gasteiger partial charge is 0.349 e. The highest BCUT2D eigenvalue weighted by atomic mass is 32.1. The van der Waals surface area contributed by atoms with Gasteiger partial charge in [-0.2, -0.15) is 0 Å². The van der Waals surface area contributed by atoms with Gasteiger partial charge in [-0.15, -0.1) is 11.3 Å². The van der Waals surface area contributed by atoms with Crippen LogP contribution in [0, 0.1) is 0 Å². The number of amides is 1. The van der Waals surface area contributed by atoms with E-state index < -0.39 is 17.5 Å². The molecular formula is C22H22N2O6S. The van der Waals surface area contributed by atoms with Crippen molar-refractivity contribution in [3.63, 3.8) is 0 Å². The number of anilines is 1. The number of methoxy groups -OCH3 is 1. The zero-order valence-electron chi connectivity index (χ0n) is 17.4. The molecule has 3 aromatic rings. The highest BCUT2D eigenvalue weighted by Crippen LogP contribution is 2.37. The van der Waals surface area contributed by atoms with Crippen molar-refractivity contribution >= 4 is 39.2 Å². The lowest BCUT2D eigenvalue weighted by atomic mass is 10.0. The van der Waals surface area contributed by atoms with Crippen molar-refractivity contribution < 1.29 is 23.5 Å². The topological polar surface area (TPSA) is 98.1 Å². The van der Waals surface area contributed by atoms with Crippen molar-refractivity contribution in [2.75, 3.05) is 32.6 Å². The zero-order valence-corrected chi connectivity index (χ0v) is 18.3. The molecule has 0 spiro atoms. The molecule has 8 nitrogen and oxygen atoms in total. The summed E-state index contributed by atoms with van der Waals surface area (Å²) in [6, 6.07) is 6.48. The molecule has 3 heterocycles. The Balaban J connectivity index is 1.71. The summed E-state index contributed by atoms with van der Waals surface area (Å²) in [6.07, 6.45) is 0.687. The number of carbonyl (C=O) groups is 2. The quantitative estimate of drug-likeness (QED) is 0.478. The first-order valence-electron chi connectivity index (χ1n) is 9.84. The van der Waals surface area contributed by atoms with Crippen molar-refractivity contribution in [2.45, 2.75) is 19.9 Å². The van der Waals surface area contributed by atoms with Gasteiger partial charge in [0.25, 0.3) is 5.91 Å². The number of hydrogen-bond donors (Lipinski definition) is 1. The van der Waals surface area contributed by atoms with Crippen molar-refractivity contribution in [1.82, 2.24) is 4.90 Å². The highest BCUT2D eigenvalue weighted by Gasteiger charge is 2.29. The lowest BCUT2D eigenvalue weighted by Gasteiger charge is -2.22. The maximum atomic E-state index is 13.0. The molecule has 1 aromatic carbocycles. The number of esters is 1. The third kappa shape index (κ3) is 4.06. The number of carbonyl (C=O) groups excluding carboxylic acids is 2. The number of hydrogen-bond acceptors (Lipinski definition) is 8. The standard InChI is InChI=1S/C22H22N2O6S/c1-4-29-22(27)18-14-7-8-24(2)11-17(14)31-20(18)23-19(25)15-9-12-5-6-13(28-3)10-16(12)30-21(15)26/h5-6,9-10H,4,7-8,11H2,1-3H3,(H,23,25). The van der Waals surface area contributed by atoms with Crippen molar-refractivity contribution in [3.8, 4) is 5.75 Å². The molecule has 0 aliphatic carbocycles. The molecule has 0 fully saturated rings. The number of nitrogens with zero attached hydrogens (tertiary/aromatic N) is 1. The largest absolute Gasteiger partial charge is 0.497 e. The van der Waals surface area contributed by atoms with E-state index >= 15 is 0 Å². The summed E-state index contributed by atoms with van der Waals surface area (Å²) in [4.78, 5) is 41.2. The number of ether oxygens (including phenoxy) is 2. The molecule has 0 bridgehead atoms. The maximum absolute atomic E-state index is 13.0. The van der Waals surface area contributed by atoms with Gasteiger partial charge < -0.3 is 24.1 Å². The normalized spacial score (nSPS) is 13.6. The van der Waals surface area contributed by atoms with Gasteiger partial charge in [0, 0.05) is 29.4 Å². The minimum absolute atomic E-state index is 0.143. The summed E-state index contributed by atoms with van der Waals surface area (Å²) >= 11 is 1.33. The average Bonchev–Trinajstić information content (AvgIpc) is 3.09. The molecule has 9 heteroatoms. The van der Waals surface area contributed by atoms with Crippen LogP contribution < -0.4 is 15.7 Å². The van der Waals surface area contributed by atoms with Crippen LogP contribution in [-0.2, 0) is 17.7 Å². The molecule has 162 valence electrons. The average molecular weight is 442 g/mol. The molecule has 4 rings (SSSR count). The van der Waals surface area contributed by atoms with Crippen LogP contribution in [0.2, 0.25) is 0 Å². The number of likely N-dealkylation sites (N-methyl/N-ethyl adjacent to an activating group) is 1.